The van der Waals surface area contributed by atoms with E-state index in [-0.39, 0.29) is 6.03 Å². The predicted molar refractivity (Wildman–Crippen MR) is 84.2 cm³/mol. The molecule has 2 aromatic rings. The molecule has 5 nitrogen and oxygen atoms in total. The maximum atomic E-state index is 11.6. The van der Waals surface area contributed by atoms with Crippen LogP contribution >= 0.6 is 0 Å². The molecule has 110 valence electrons. The second-order valence-corrected chi connectivity index (χ2v) is 4.70. The van der Waals surface area contributed by atoms with Crippen LogP contribution in [0.2, 0.25) is 0 Å². The fourth-order valence-corrected chi connectivity index (χ4v) is 2.02. The lowest BCUT2D eigenvalue weighted by atomic mass is 10.0. The van der Waals surface area contributed by atoms with Gasteiger partial charge < -0.3 is 5.32 Å². The Hall–Kier alpha value is -2.43. The molecule has 0 saturated carbocycles. The molecule has 0 bridgehead atoms. The lowest BCUT2D eigenvalue weighted by Crippen LogP contribution is -2.29. The standard InChI is InChI=1S/C16H20N4O/c1-3-8-18-16(21)20-15-6-5-13(11-19-15)14-7-9-17-10-12(14)4-2/h5-7,9-11H,3-4,8H2,1-2H3,(H2,18,19,20,21). The van der Waals surface area contributed by atoms with Gasteiger partial charge in [0.2, 0.25) is 0 Å². The number of carbonyl (C=O) groups is 1. The van der Waals surface area contributed by atoms with Crippen molar-refractivity contribution < 1.29 is 4.79 Å². The molecule has 0 fully saturated rings. The molecule has 2 aromatic heterocycles. The lowest BCUT2D eigenvalue weighted by molar-refractivity contribution is 0.252. The Morgan fingerprint density at radius 3 is 2.71 bits per heavy atom. The van der Waals surface area contributed by atoms with E-state index in [0.717, 1.165) is 24.0 Å². The van der Waals surface area contributed by atoms with Crippen LogP contribution in [0, 0.1) is 0 Å². The third-order valence-electron chi connectivity index (χ3n) is 3.14. The van der Waals surface area contributed by atoms with Crippen LogP contribution in [0.3, 0.4) is 0 Å². The molecule has 2 amide bonds. The van der Waals surface area contributed by atoms with Crippen LogP contribution in [0.1, 0.15) is 25.8 Å². The van der Waals surface area contributed by atoms with Gasteiger partial charge in [-0.1, -0.05) is 13.8 Å². The number of aromatic nitrogens is 2. The zero-order valence-electron chi connectivity index (χ0n) is 12.4. The van der Waals surface area contributed by atoms with Gasteiger partial charge in [0.15, 0.2) is 0 Å². The minimum atomic E-state index is -0.227. The van der Waals surface area contributed by atoms with E-state index in [1.165, 1.54) is 5.56 Å². The van der Waals surface area contributed by atoms with Crippen LogP contribution < -0.4 is 10.6 Å². The average molecular weight is 284 g/mol. The molecule has 2 rings (SSSR count). The van der Waals surface area contributed by atoms with Crippen LogP contribution in [0.4, 0.5) is 10.6 Å². The van der Waals surface area contributed by atoms with E-state index in [1.54, 1.807) is 18.5 Å². The number of hydrogen-bond donors (Lipinski definition) is 2. The third-order valence-corrected chi connectivity index (χ3v) is 3.14. The zero-order valence-corrected chi connectivity index (χ0v) is 12.4. The van der Waals surface area contributed by atoms with E-state index in [2.05, 4.69) is 27.5 Å². The number of hydrogen-bond acceptors (Lipinski definition) is 3. The summed E-state index contributed by atoms with van der Waals surface area (Å²) >= 11 is 0. The van der Waals surface area contributed by atoms with Gasteiger partial charge in [0.25, 0.3) is 0 Å². The molecule has 0 atom stereocenters. The number of carbonyl (C=O) groups excluding carboxylic acids is 1. The quantitative estimate of drug-likeness (QED) is 0.885. The summed E-state index contributed by atoms with van der Waals surface area (Å²) in [5.74, 6) is 0.541. The maximum absolute atomic E-state index is 11.6. The van der Waals surface area contributed by atoms with Gasteiger partial charge in [0.05, 0.1) is 0 Å². The first kappa shape index (κ1) is 15.0. The molecule has 2 N–H and O–H groups in total. The van der Waals surface area contributed by atoms with Crippen molar-refractivity contribution in [3.63, 3.8) is 0 Å². The second kappa shape index (κ2) is 7.38. The third kappa shape index (κ3) is 4.02. The smallest absolute Gasteiger partial charge is 0.320 e. The minimum Gasteiger partial charge on any atom is -0.338 e. The van der Waals surface area contributed by atoms with Gasteiger partial charge in [0.1, 0.15) is 5.82 Å². The van der Waals surface area contributed by atoms with E-state index < -0.39 is 0 Å². The van der Waals surface area contributed by atoms with Crippen LogP contribution in [0.15, 0.2) is 36.8 Å². The summed E-state index contributed by atoms with van der Waals surface area (Å²) in [6.45, 7) is 4.76. The van der Waals surface area contributed by atoms with Crippen molar-refractivity contribution in [3.05, 3.63) is 42.4 Å². The van der Waals surface area contributed by atoms with Crippen molar-refractivity contribution in [2.24, 2.45) is 0 Å². The summed E-state index contributed by atoms with van der Waals surface area (Å²) in [5, 5.41) is 5.46. The highest BCUT2D eigenvalue weighted by molar-refractivity contribution is 5.88. The fraction of sp³-hybridized carbons (Fsp3) is 0.312. The molecule has 0 unspecified atom stereocenters. The first-order valence-electron chi connectivity index (χ1n) is 7.18. The Morgan fingerprint density at radius 1 is 1.19 bits per heavy atom. The van der Waals surface area contributed by atoms with Crippen LogP contribution in [0.25, 0.3) is 11.1 Å². The summed E-state index contributed by atoms with van der Waals surface area (Å²) in [7, 11) is 0. The van der Waals surface area contributed by atoms with Gasteiger partial charge in [-0.05, 0) is 42.2 Å². The molecule has 0 saturated heterocycles. The van der Waals surface area contributed by atoms with E-state index in [0.29, 0.717) is 12.4 Å². The summed E-state index contributed by atoms with van der Waals surface area (Å²) in [6, 6.07) is 5.52. The Morgan fingerprint density at radius 2 is 2.05 bits per heavy atom. The van der Waals surface area contributed by atoms with E-state index in [4.69, 9.17) is 0 Å². The van der Waals surface area contributed by atoms with Crippen LogP contribution in [-0.4, -0.2) is 22.5 Å². The molecule has 2 heterocycles. The summed E-state index contributed by atoms with van der Waals surface area (Å²) in [6.07, 6.45) is 7.24. The first-order valence-corrected chi connectivity index (χ1v) is 7.18. The van der Waals surface area contributed by atoms with Crippen molar-refractivity contribution in [3.8, 4) is 11.1 Å². The number of pyridine rings is 2. The Labute approximate surface area is 124 Å². The molecule has 0 aliphatic rings. The number of nitrogens with one attached hydrogen (secondary N) is 2. The SMILES string of the molecule is CCCNC(=O)Nc1ccc(-c2ccncc2CC)cn1. The molecule has 0 spiro atoms. The number of nitrogens with zero attached hydrogens (tertiary/aromatic N) is 2. The molecule has 0 aromatic carbocycles. The zero-order chi connectivity index (χ0) is 15.1. The molecule has 0 aliphatic heterocycles. The number of urea groups is 1. The Kier molecular flexibility index (Phi) is 5.26. The van der Waals surface area contributed by atoms with Gasteiger partial charge in [-0.3, -0.25) is 10.3 Å². The highest BCUT2D eigenvalue weighted by atomic mass is 16.2. The molecule has 0 aliphatic carbocycles. The molecular formula is C16H20N4O. The Bertz CT molecular complexity index is 595. The number of rotatable bonds is 5. The molecule has 21 heavy (non-hydrogen) atoms. The summed E-state index contributed by atoms with van der Waals surface area (Å²) in [4.78, 5) is 20.0. The number of aryl methyl sites for hydroxylation is 1. The van der Waals surface area contributed by atoms with Gasteiger partial charge >= 0.3 is 6.03 Å². The van der Waals surface area contributed by atoms with Crippen LogP contribution in [0.5, 0.6) is 0 Å². The Balaban J connectivity index is 2.10. The normalized spacial score (nSPS) is 10.2. The molecule has 0 radical (unpaired) electrons. The predicted octanol–water partition coefficient (Wildman–Crippen LogP) is 3.24. The monoisotopic (exact) mass is 284 g/mol. The summed E-state index contributed by atoms with van der Waals surface area (Å²) in [5.41, 5.74) is 3.33. The van der Waals surface area contributed by atoms with Crippen molar-refractivity contribution >= 4 is 11.8 Å². The van der Waals surface area contributed by atoms with Gasteiger partial charge in [-0.2, -0.15) is 0 Å². The summed E-state index contributed by atoms with van der Waals surface area (Å²) < 4.78 is 0. The van der Waals surface area contributed by atoms with Crippen molar-refractivity contribution in [1.29, 1.82) is 0 Å². The average Bonchev–Trinajstić information content (AvgIpc) is 2.53. The van der Waals surface area contributed by atoms with Crippen molar-refractivity contribution in [2.45, 2.75) is 26.7 Å². The first-order chi connectivity index (χ1) is 10.2. The van der Waals surface area contributed by atoms with Gasteiger partial charge in [-0.15, -0.1) is 0 Å². The number of amides is 2. The lowest BCUT2D eigenvalue weighted by Gasteiger charge is -2.09. The molecular weight excluding hydrogens is 264 g/mol. The molecule has 5 heteroatoms. The van der Waals surface area contributed by atoms with E-state index >= 15 is 0 Å². The fourth-order valence-electron chi connectivity index (χ4n) is 2.02. The highest BCUT2D eigenvalue weighted by Gasteiger charge is 2.05. The van der Waals surface area contributed by atoms with Crippen LogP contribution in [-0.2, 0) is 6.42 Å². The van der Waals surface area contributed by atoms with Gasteiger partial charge in [0, 0.05) is 30.7 Å². The minimum absolute atomic E-state index is 0.227. The number of anilines is 1. The van der Waals surface area contributed by atoms with Crippen molar-refractivity contribution in [1.82, 2.24) is 15.3 Å². The highest BCUT2D eigenvalue weighted by Crippen LogP contribution is 2.23. The largest absolute Gasteiger partial charge is 0.338 e. The second-order valence-electron chi connectivity index (χ2n) is 4.70. The van der Waals surface area contributed by atoms with E-state index in [1.807, 2.05) is 25.3 Å². The maximum Gasteiger partial charge on any atom is 0.320 e. The van der Waals surface area contributed by atoms with Gasteiger partial charge in [-0.25, -0.2) is 9.78 Å². The van der Waals surface area contributed by atoms with E-state index in [9.17, 15) is 4.79 Å². The van der Waals surface area contributed by atoms with Crippen molar-refractivity contribution in [2.75, 3.05) is 11.9 Å². The topological polar surface area (TPSA) is 66.9 Å².